The lowest BCUT2D eigenvalue weighted by Crippen LogP contribution is -2.36. The standard InChI is InChI=1S/C14H18F2N4/c1-14(2,3)18-7-13-17-9-19-20(13)8-10-4-5-11(15)12(16)6-10/h4-6,9,18H,7-8H2,1-3H3. The minimum Gasteiger partial charge on any atom is -0.305 e. The van der Waals surface area contributed by atoms with Crippen LogP contribution in [0.15, 0.2) is 24.5 Å². The van der Waals surface area contributed by atoms with E-state index < -0.39 is 11.6 Å². The van der Waals surface area contributed by atoms with Crippen molar-refractivity contribution in [3.8, 4) is 0 Å². The molecule has 0 saturated heterocycles. The van der Waals surface area contributed by atoms with Gasteiger partial charge in [-0.15, -0.1) is 0 Å². The quantitative estimate of drug-likeness (QED) is 0.935. The average molecular weight is 280 g/mol. The molecule has 0 spiro atoms. The summed E-state index contributed by atoms with van der Waals surface area (Å²) < 4.78 is 27.7. The molecule has 0 bridgehead atoms. The summed E-state index contributed by atoms with van der Waals surface area (Å²) in [5.41, 5.74) is 0.616. The maximum atomic E-state index is 13.2. The van der Waals surface area contributed by atoms with Crippen LogP contribution in [-0.4, -0.2) is 20.3 Å². The topological polar surface area (TPSA) is 42.7 Å². The van der Waals surface area contributed by atoms with Gasteiger partial charge in [0, 0.05) is 5.54 Å². The van der Waals surface area contributed by atoms with Crippen LogP contribution in [-0.2, 0) is 13.1 Å². The third-order valence-electron chi connectivity index (χ3n) is 2.79. The van der Waals surface area contributed by atoms with E-state index in [-0.39, 0.29) is 5.54 Å². The Morgan fingerprint density at radius 3 is 2.60 bits per heavy atom. The molecule has 108 valence electrons. The van der Waals surface area contributed by atoms with Crippen molar-refractivity contribution in [2.45, 2.75) is 39.4 Å². The summed E-state index contributed by atoms with van der Waals surface area (Å²) in [5, 5.41) is 7.43. The molecule has 0 atom stereocenters. The molecule has 0 saturated carbocycles. The van der Waals surface area contributed by atoms with E-state index in [0.717, 1.165) is 11.9 Å². The maximum Gasteiger partial charge on any atom is 0.159 e. The first-order chi connectivity index (χ1) is 9.35. The van der Waals surface area contributed by atoms with E-state index in [1.807, 2.05) is 0 Å². The van der Waals surface area contributed by atoms with Crippen molar-refractivity contribution in [1.82, 2.24) is 20.1 Å². The number of aromatic nitrogens is 3. The van der Waals surface area contributed by atoms with Crippen molar-refractivity contribution in [2.24, 2.45) is 0 Å². The van der Waals surface area contributed by atoms with Crippen molar-refractivity contribution in [1.29, 1.82) is 0 Å². The van der Waals surface area contributed by atoms with E-state index >= 15 is 0 Å². The van der Waals surface area contributed by atoms with Crippen LogP contribution in [0.1, 0.15) is 32.2 Å². The Morgan fingerprint density at radius 2 is 1.95 bits per heavy atom. The molecule has 0 aliphatic heterocycles. The lowest BCUT2D eigenvalue weighted by molar-refractivity contribution is 0.410. The summed E-state index contributed by atoms with van der Waals surface area (Å²) >= 11 is 0. The number of hydrogen-bond donors (Lipinski definition) is 1. The predicted octanol–water partition coefficient (Wildman–Crippen LogP) is 2.49. The largest absolute Gasteiger partial charge is 0.305 e. The number of halogens is 2. The number of hydrogen-bond acceptors (Lipinski definition) is 3. The fourth-order valence-electron chi connectivity index (χ4n) is 1.71. The van der Waals surface area contributed by atoms with Crippen LogP contribution >= 0.6 is 0 Å². The van der Waals surface area contributed by atoms with E-state index in [0.29, 0.717) is 18.7 Å². The van der Waals surface area contributed by atoms with Gasteiger partial charge in [-0.1, -0.05) is 6.07 Å². The molecular formula is C14H18F2N4. The molecular weight excluding hydrogens is 262 g/mol. The molecule has 1 N–H and O–H groups in total. The molecule has 0 aliphatic carbocycles. The molecule has 2 rings (SSSR count). The summed E-state index contributed by atoms with van der Waals surface area (Å²) in [7, 11) is 0. The number of benzene rings is 1. The van der Waals surface area contributed by atoms with Crippen LogP contribution in [0.3, 0.4) is 0 Å². The zero-order chi connectivity index (χ0) is 14.8. The molecule has 0 amide bonds. The van der Waals surface area contributed by atoms with Crippen molar-refractivity contribution in [3.63, 3.8) is 0 Å². The molecule has 0 fully saturated rings. The Balaban J connectivity index is 2.10. The molecule has 4 nitrogen and oxygen atoms in total. The molecule has 6 heteroatoms. The third kappa shape index (κ3) is 3.84. The summed E-state index contributed by atoms with van der Waals surface area (Å²) in [6, 6.07) is 3.84. The van der Waals surface area contributed by atoms with Crippen LogP contribution in [0.25, 0.3) is 0 Å². The molecule has 1 heterocycles. The molecule has 1 aromatic heterocycles. The van der Waals surface area contributed by atoms with Gasteiger partial charge in [-0.2, -0.15) is 5.10 Å². The van der Waals surface area contributed by atoms with E-state index in [1.165, 1.54) is 12.4 Å². The highest BCUT2D eigenvalue weighted by Gasteiger charge is 2.12. The van der Waals surface area contributed by atoms with Gasteiger partial charge in [-0.25, -0.2) is 18.4 Å². The Bertz CT molecular complexity index is 587. The van der Waals surface area contributed by atoms with Crippen LogP contribution in [0.2, 0.25) is 0 Å². The first-order valence-electron chi connectivity index (χ1n) is 6.41. The van der Waals surface area contributed by atoms with Crippen molar-refractivity contribution in [3.05, 3.63) is 47.5 Å². The van der Waals surface area contributed by atoms with Gasteiger partial charge in [0.2, 0.25) is 0 Å². The minimum atomic E-state index is -0.850. The van der Waals surface area contributed by atoms with Gasteiger partial charge >= 0.3 is 0 Å². The zero-order valence-corrected chi connectivity index (χ0v) is 11.8. The van der Waals surface area contributed by atoms with Gasteiger partial charge in [0.05, 0.1) is 13.1 Å². The maximum absolute atomic E-state index is 13.2. The fraction of sp³-hybridized carbons (Fsp3) is 0.429. The SMILES string of the molecule is CC(C)(C)NCc1ncnn1Cc1ccc(F)c(F)c1. The van der Waals surface area contributed by atoms with E-state index in [9.17, 15) is 8.78 Å². The summed E-state index contributed by atoms with van der Waals surface area (Å²) in [6.45, 7) is 7.10. The Kier molecular flexibility index (Phi) is 4.13. The second-order valence-corrected chi connectivity index (χ2v) is 5.69. The summed E-state index contributed by atoms with van der Waals surface area (Å²) in [5.74, 6) is -0.941. The minimum absolute atomic E-state index is 0.0290. The average Bonchev–Trinajstić information content (AvgIpc) is 2.78. The summed E-state index contributed by atoms with van der Waals surface area (Å²) in [6.07, 6.45) is 1.46. The second-order valence-electron chi connectivity index (χ2n) is 5.69. The van der Waals surface area contributed by atoms with Gasteiger partial charge in [0.1, 0.15) is 12.2 Å². The Labute approximate surface area is 116 Å². The highest BCUT2D eigenvalue weighted by molar-refractivity contribution is 5.18. The molecule has 1 aromatic carbocycles. The van der Waals surface area contributed by atoms with Gasteiger partial charge in [0.25, 0.3) is 0 Å². The van der Waals surface area contributed by atoms with Crippen LogP contribution < -0.4 is 5.32 Å². The van der Waals surface area contributed by atoms with Gasteiger partial charge in [-0.05, 0) is 38.5 Å². The predicted molar refractivity (Wildman–Crippen MR) is 72.1 cm³/mol. The van der Waals surface area contributed by atoms with Crippen molar-refractivity contribution < 1.29 is 8.78 Å². The Hall–Kier alpha value is -1.82. The van der Waals surface area contributed by atoms with Crippen LogP contribution in [0, 0.1) is 11.6 Å². The lowest BCUT2D eigenvalue weighted by Gasteiger charge is -2.20. The van der Waals surface area contributed by atoms with Gasteiger partial charge in [-0.3, -0.25) is 0 Å². The normalized spacial score (nSPS) is 11.8. The Morgan fingerprint density at radius 1 is 1.20 bits per heavy atom. The molecule has 0 aliphatic rings. The number of nitrogens with zero attached hydrogens (tertiary/aromatic N) is 3. The highest BCUT2D eigenvalue weighted by atomic mass is 19.2. The number of nitrogens with one attached hydrogen (secondary N) is 1. The van der Waals surface area contributed by atoms with Gasteiger partial charge < -0.3 is 5.32 Å². The van der Waals surface area contributed by atoms with E-state index in [2.05, 4.69) is 36.2 Å². The van der Waals surface area contributed by atoms with E-state index in [4.69, 9.17) is 0 Å². The van der Waals surface area contributed by atoms with Gasteiger partial charge in [0.15, 0.2) is 11.6 Å². The van der Waals surface area contributed by atoms with Crippen LogP contribution in [0.5, 0.6) is 0 Å². The monoisotopic (exact) mass is 280 g/mol. The smallest absolute Gasteiger partial charge is 0.159 e. The lowest BCUT2D eigenvalue weighted by atomic mass is 10.1. The zero-order valence-electron chi connectivity index (χ0n) is 11.8. The first kappa shape index (κ1) is 14.6. The highest BCUT2D eigenvalue weighted by Crippen LogP contribution is 2.11. The molecule has 2 aromatic rings. The third-order valence-corrected chi connectivity index (χ3v) is 2.79. The first-order valence-corrected chi connectivity index (χ1v) is 6.41. The summed E-state index contributed by atoms with van der Waals surface area (Å²) in [4.78, 5) is 4.18. The second kappa shape index (κ2) is 5.66. The van der Waals surface area contributed by atoms with Crippen molar-refractivity contribution in [2.75, 3.05) is 0 Å². The fourth-order valence-corrected chi connectivity index (χ4v) is 1.71. The van der Waals surface area contributed by atoms with E-state index in [1.54, 1.807) is 10.7 Å². The van der Waals surface area contributed by atoms with Crippen LogP contribution in [0.4, 0.5) is 8.78 Å². The molecule has 0 unspecified atom stereocenters. The van der Waals surface area contributed by atoms with Crippen molar-refractivity contribution >= 4 is 0 Å². The molecule has 20 heavy (non-hydrogen) atoms. The molecule has 0 radical (unpaired) electrons. The number of rotatable bonds is 4.